The molecule has 0 aromatic heterocycles. The number of hydrogen-bond donors (Lipinski definition) is 1. The molecule has 1 rings (SSSR count). The van der Waals surface area contributed by atoms with E-state index < -0.39 is 16.1 Å². The van der Waals surface area contributed by atoms with Crippen LogP contribution in [0.15, 0.2) is 30.3 Å². The van der Waals surface area contributed by atoms with Gasteiger partial charge in [-0.2, -0.15) is 0 Å². The van der Waals surface area contributed by atoms with E-state index in [0.29, 0.717) is 0 Å². The van der Waals surface area contributed by atoms with Gasteiger partial charge in [0.2, 0.25) is 0 Å². The van der Waals surface area contributed by atoms with Crippen molar-refractivity contribution in [1.82, 2.24) is 0 Å². The van der Waals surface area contributed by atoms with E-state index >= 15 is 0 Å². The number of aliphatic hydroxyl groups is 1. The Balaban J connectivity index is 2.49. The van der Waals surface area contributed by atoms with Crippen LogP contribution in [0.2, 0.25) is 0 Å². The minimum absolute atomic E-state index is 0.138. The van der Waals surface area contributed by atoms with Crippen LogP contribution in [0, 0.1) is 0 Å². The van der Waals surface area contributed by atoms with Crippen molar-refractivity contribution in [2.24, 2.45) is 0 Å². The Kier molecular flexibility index (Phi) is 7.92. The Morgan fingerprint density at radius 3 is 2.50 bits per heavy atom. The molecule has 0 aliphatic heterocycles. The summed E-state index contributed by atoms with van der Waals surface area (Å²) in [6.45, 7) is 4.94. The summed E-state index contributed by atoms with van der Waals surface area (Å²) in [7, 11) is -0.975. The second-order valence-electron chi connectivity index (χ2n) is 4.38. The first-order valence-electron chi connectivity index (χ1n) is 6.72. The molecule has 1 aromatic carbocycles. The van der Waals surface area contributed by atoms with E-state index in [1.807, 2.05) is 30.3 Å². The summed E-state index contributed by atoms with van der Waals surface area (Å²) in [6, 6.07) is 9.69. The Hall–Kier alpha value is -0.683. The van der Waals surface area contributed by atoms with Crippen LogP contribution in [0.4, 0.5) is 0 Å². The van der Waals surface area contributed by atoms with Crippen LogP contribution in [0.5, 0.6) is 0 Å². The maximum atomic E-state index is 10.3. The summed E-state index contributed by atoms with van der Waals surface area (Å²) in [5.74, 6) is 0. The van der Waals surface area contributed by atoms with Crippen molar-refractivity contribution in [2.45, 2.75) is 45.3 Å². The summed E-state index contributed by atoms with van der Waals surface area (Å²) in [5, 5.41) is 10.3. The van der Waals surface area contributed by atoms with Gasteiger partial charge < -0.3 is 14.0 Å². The molecule has 2 atom stereocenters. The topological polar surface area (TPSA) is 38.7 Å². The lowest BCUT2D eigenvalue weighted by Crippen LogP contribution is -2.25. The van der Waals surface area contributed by atoms with E-state index in [-0.39, 0.29) is 6.10 Å². The van der Waals surface area contributed by atoms with Crippen molar-refractivity contribution in [1.29, 1.82) is 0 Å². The highest BCUT2D eigenvalue weighted by Gasteiger charge is 2.20. The lowest BCUT2D eigenvalue weighted by atomic mass is 10.0. The predicted octanol–water partition coefficient (Wildman–Crippen LogP) is 2.33. The normalized spacial score (nSPS) is 15.1. The summed E-state index contributed by atoms with van der Waals surface area (Å²) in [6.07, 6.45) is 2.18. The van der Waals surface area contributed by atoms with E-state index in [1.165, 1.54) is 0 Å². The summed E-state index contributed by atoms with van der Waals surface area (Å²) in [4.78, 5) is 0. The Labute approximate surface area is 112 Å². The number of aliphatic hydroxyl groups excluding tert-OH is 1. The number of hydrogen-bond acceptors (Lipinski definition) is 3. The van der Waals surface area contributed by atoms with E-state index in [9.17, 15) is 5.11 Å². The second kappa shape index (κ2) is 9.27. The molecule has 2 unspecified atom stereocenters. The molecule has 0 aliphatic carbocycles. The van der Waals surface area contributed by atoms with Gasteiger partial charge in [-0.3, -0.25) is 0 Å². The van der Waals surface area contributed by atoms with Crippen molar-refractivity contribution in [3.63, 3.8) is 0 Å². The van der Waals surface area contributed by atoms with Crippen LogP contribution in [0.1, 0.15) is 44.8 Å². The molecular weight excluding hydrogens is 244 g/mol. The molecule has 0 fully saturated rings. The molecule has 0 aliphatic rings. The zero-order valence-corrected chi connectivity index (χ0v) is 12.8. The molecule has 0 bridgehead atoms. The van der Waals surface area contributed by atoms with Crippen molar-refractivity contribution in [3.8, 4) is 0 Å². The van der Waals surface area contributed by atoms with Gasteiger partial charge in [-0.25, -0.2) is 0 Å². The van der Waals surface area contributed by atoms with Crippen molar-refractivity contribution < 1.29 is 14.0 Å². The van der Waals surface area contributed by atoms with Gasteiger partial charge in [0.25, 0.3) is 0 Å². The molecule has 3 nitrogen and oxygen atoms in total. The third-order valence-corrected chi connectivity index (χ3v) is 3.80. The number of benzene rings is 1. The van der Waals surface area contributed by atoms with Crippen LogP contribution < -0.4 is 0 Å². The smallest absolute Gasteiger partial charge is 0.304 e. The monoisotopic (exact) mass is 268 g/mol. The molecule has 1 aromatic rings. The first kappa shape index (κ1) is 15.4. The molecule has 0 heterocycles. The fourth-order valence-electron chi connectivity index (χ4n) is 1.82. The summed E-state index contributed by atoms with van der Waals surface area (Å²) in [5.41, 5.74) is 0.917. The Morgan fingerprint density at radius 1 is 1.17 bits per heavy atom. The zero-order valence-electron chi connectivity index (χ0n) is 11.3. The average Bonchev–Trinajstić information content (AvgIpc) is 2.42. The van der Waals surface area contributed by atoms with Gasteiger partial charge in [0, 0.05) is 6.61 Å². The summed E-state index contributed by atoms with van der Waals surface area (Å²) >= 11 is 0. The Morgan fingerprint density at radius 2 is 1.89 bits per heavy atom. The van der Waals surface area contributed by atoms with Crippen LogP contribution in [-0.2, 0) is 8.85 Å². The third-order valence-electron chi connectivity index (χ3n) is 2.78. The number of rotatable bonds is 9. The van der Waals surface area contributed by atoms with Crippen molar-refractivity contribution in [2.75, 3.05) is 6.61 Å². The third kappa shape index (κ3) is 5.31. The molecule has 102 valence electrons. The standard InChI is InChI=1S/C14H24O3Si/c1-3-8-13(17-18-16-11-4-2)14(15)12-9-6-5-7-10-12/h5-7,9-10,13-15H,3-4,8,11,18H2,1-2H3. The molecule has 0 radical (unpaired) electrons. The molecule has 0 saturated heterocycles. The zero-order chi connectivity index (χ0) is 13.2. The van der Waals surface area contributed by atoms with Crippen LogP contribution >= 0.6 is 0 Å². The van der Waals surface area contributed by atoms with E-state index in [4.69, 9.17) is 8.85 Å². The van der Waals surface area contributed by atoms with Gasteiger partial charge in [-0.1, -0.05) is 50.6 Å². The predicted molar refractivity (Wildman–Crippen MR) is 76.0 cm³/mol. The first-order chi connectivity index (χ1) is 8.79. The van der Waals surface area contributed by atoms with E-state index in [1.54, 1.807) is 0 Å². The van der Waals surface area contributed by atoms with Gasteiger partial charge in [0.15, 0.2) is 0 Å². The van der Waals surface area contributed by atoms with Gasteiger partial charge in [-0.05, 0) is 18.4 Å². The van der Waals surface area contributed by atoms with E-state index in [0.717, 1.165) is 31.4 Å². The van der Waals surface area contributed by atoms with Crippen LogP contribution in [0.25, 0.3) is 0 Å². The molecule has 0 saturated carbocycles. The van der Waals surface area contributed by atoms with Crippen molar-refractivity contribution in [3.05, 3.63) is 35.9 Å². The maximum absolute atomic E-state index is 10.3. The maximum Gasteiger partial charge on any atom is 0.304 e. The first-order valence-corrected chi connectivity index (χ1v) is 7.87. The minimum Gasteiger partial charge on any atom is -0.399 e. The second-order valence-corrected chi connectivity index (χ2v) is 5.35. The van der Waals surface area contributed by atoms with Gasteiger partial charge in [0.1, 0.15) is 6.10 Å². The molecule has 18 heavy (non-hydrogen) atoms. The van der Waals surface area contributed by atoms with Gasteiger partial charge >= 0.3 is 10.0 Å². The molecule has 4 heteroatoms. The van der Waals surface area contributed by atoms with Gasteiger partial charge in [-0.15, -0.1) is 0 Å². The fourth-order valence-corrected chi connectivity index (χ4v) is 2.85. The summed E-state index contributed by atoms with van der Waals surface area (Å²) < 4.78 is 11.2. The molecule has 1 N–H and O–H groups in total. The van der Waals surface area contributed by atoms with Gasteiger partial charge in [0.05, 0.1) is 6.10 Å². The van der Waals surface area contributed by atoms with Crippen LogP contribution in [-0.4, -0.2) is 27.8 Å². The fraction of sp³-hybridized carbons (Fsp3) is 0.571. The van der Waals surface area contributed by atoms with Crippen LogP contribution in [0.3, 0.4) is 0 Å². The highest BCUT2D eigenvalue weighted by molar-refractivity contribution is 6.18. The molecule has 0 amide bonds. The lowest BCUT2D eigenvalue weighted by Gasteiger charge is -2.23. The average molecular weight is 268 g/mol. The quantitative estimate of drug-likeness (QED) is 0.552. The molecule has 0 spiro atoms. The SMILES string of the molecule is CCCO[SiH2]OC(CCC)C(O)c1ccccc1. The van der Waals surface area contributed by atoms with E-state index in [2.05, 4.69) is 13.8 Å². The minimum atomic E-state index is -0.975. The molecular formula is C14H24O3Si. The van der Waals surface area contributed by atoms with Crippen molar-refractivity contribution >= 4 is 10.0 Å². The highest BCUT2D eigenvalue weighted by atomic mass is 28.3. The largest absolute Gasteiger partial charge is 0.399 e. The lowest BCUT2D eigenvalue weighted by molar-refractivity contribution is 0.0185. The Bertz CT molecular complexity index is 305. The highest BCUT2D eigenvalue weighted by Crippen LogP contribution is 2.22.